The van der Waals surface area contributed by atoms with Crippen LogP contribution < -0.4 is 0 Å². The van der Waals surface area contributed by atoms with Crippen LogP contribution in [0, 0.1) is 5.41 Å². The fourth-order valence-electron chi connectivity index (χ4n) is 2.69. The predicted molar refractivity (Wildman–Crippen MR) is 86.1 cm³/mol. The van der Waals surface area contributed by atoms with Crippen molar-refractivity contribution in [2.75, 3.05) is 32.7 Å². The van der Waals surface area contributed by atoms with E-state index in [1.165, 1.54) is 5.56 Å². The number of aliphatic hydroxyl groups is 1. The summed E-state index contributed by atoms with van der Waals surface area (Å²) in [5, 5.41) is 10.2. The van der Waals surface area contributed by atoms with Gasteiger partial charge in [0.25, 0.3) is 0 Å². The van der Waals surface area contributed by atoms with Gasteiger partial charge in [0, 0.05) is 51.2 Å². The largest absolute Gasteiger partial charge is 0.391 e. The normalized spacial score (nSPS) is 21.2. The van der Waals surface area contributed by atoms with Gasteiger partial charge in [0.2, 0.25) is 0 Å². The summed E-state index contributed by atoms with van der Waals surface area (Å²) in [6.45, 7) is 13.5. The lowest BCUT2D eigenvalue weighted by atomic mass is 9.89. The number of piperazine rings is 1. The Balaban J connectivity index is 1.83. The maximum absolute atomic E-state index is 10.2. The van der Waals surface area contributed by atoms with Crippen LogP contribution in [0.4, 0.5) is 0 Å². The molecule has 0 aliphatic carbocycles. The molecule has 1 aromatic rings. The Bertz CT molecular complexity index is 421. The van der Waals surface area contributed by atoms with Gasteiger partial charge >= 0.3 is 0 Å². The molecule has 4 heteroatoms. The molecule has 0 spiro atoms. The van der Waals surface area contributed by atoms with Gasteiger partial charge in [-0.3, -0.25) is 14.8 Å². The van der Waals surface area contributed by atoms with Crippen molar-refractivity contribution in [1.82, 2.24) is 14.8 Å². The van der Waals surface area contributed by atoms with Crippen LogP contribution in [0.1, 0.15) is 39.3 Å². The molecular formula is C17H29N3O. The van der Waals surface area contributed by atoms with Gasteiger partial charge in [-0.2, -0.15) is 0 Å². The Kier molecular flexibility index (Phi) is 5.36. The number of aliphatic hydroxyl groups excluding tert-OH is 1. The molecule has 0 unspecified atom stereocenters. The standard InChI is InChI=1S/C17H29N3O/c1-14(15-6-5-7-18-12-15)20-10-8-19(9-11-20)13-16(21)17(2,3)4/h5-7,12,14,16,21H,8-11,13H2,1-4H3/t14-,16+/m0/s1. The van der Waals surface area contributed by atoms with Crippen LogP contribution in [0.5, 0.6) is 0 Å². The fourth-order valence-corrected chi connectivity index (χ4v) is 2.69. The predicted octanol–water partition coefficient (Wildman–Crippen LogP) is 2.17. The van der Waals surface area contributed by atoms with Crippen molar-refractivity contribution in [3.05, 3.63) is 30.1 Å². The highest BCUT2D eigenvalue weighted by molar-refractivity contribution is 5.13. The molecule has 1 aliphatic heterocycles. The van der Waals surface area contributed by atoms with E-state index < -0.39 is 0 Å². The summed E-state index contributed by atoms with van der Waals surface area (Å²) in [4.78, 5) is 9.09. The SMILES string of the molecule is C[C@@H](c1cccnc1)N1CCN(C[C@@H](O)C(C)(C)C)CC1. The van der Waals surface area contributed by atoms with Crippen LogP contribution in [0.15, 0.2) is 24.5 Å². The zero-order chi connectivity index (χ0) is 15.5. The van der Waals surface area contributed by atoms with Crippen molar-refractivity contribution in [3.63, 3.8) is 0 Å². The van der Waals surface area contributed by atoms with E-state index in [0.717, 1.165) is 32.7 Å². The first-order chi connectivity index (χ1) is 9.88. The van der Waals surface area contributed by atoms with Crippen LogP contribution >= 0.6 is 0 Å². The van der Waals surface area contributed by atoms with E-state index in [1.807, 2.05) is 18.5 Å². The van der Waals surface area contributed by atoms with Gasteiger partial charge in [0.1, 0.15) is 0 Å². The highest BCUT2D eigenvalue weighted by Crippen LogP contribution is 2.23. The molecule has 1 aromatic heterocycles. The van der Waals surface area contributed by atoms with Crippen LogP contribution in [0.25, 0.3) is 0 Å². The second-order valence-corrected chi connectivity index (χ2v) is 7.18. The van der Waals surface area contributed by atoms with E-state index in [0.29, 0.717) is 6.04 Å². The van der Waals surface area contributed by atoms with Gasteiger partial charge in [-0.1, -0.05) is 26.8 Å². The van der Waals surface area contributed by atoms with Gasteiger partial charge in [0.05, 0.1) is 6.10 Å². The highest BCUT2D eigenvalue weighted by atomic mass is 16.3. The van der Waals surface area contributed by atoms with Gasteiger partial charge in [-0.05, 0) is 24.0 Å². The number of β-amino-alcohol motifs (C(OH)–C–C–N with tert-alkyl or cyclic N) is 1. The number of hydrogen-bond donors (Lipinski definition) is 1. The van der Waals surface area contributed by atoms with Crippen LogP contribution in [0.2, 0.25) is 0 Å². The summed E-state index contributed by atoms with van der Waals surface area (Å²) >= 11 is 0. The lowest BCUT2D eigenvalue weighted by Gasteiger charge is -2.40. The Hall–Kier alpha value is -0.970. The third-order valence-corrected chi connectivity index (χ3v) is 4.55. The average molecular weight is 291 g/mol. The molecule has 21 heavy (non-hydrogen) atoms. The number of aromatic nitrogens is 1. The zero-order valence-corrected chi connectivity index (χ0v) is 13.8. The van der Waals surface area contributed by atoms with Crippen molar-refractivity contribution in [3.8, 4) is 0 Å². The van der Waals surface area contributed by atoms with Crippen LogP contribution in [0.3, 0.4) is 0 Å². The van der Waals surface area contributed by atoms with Crippen molar-refractivity contribution in [1.29, 1.82) is 0 Å². The van der Waals surface area contributed by atoms with E-state index >= 15 is 0 Å². The van der Waals surface area contributed by atoms with E-state index in [1.54, 1.807) is 0 Å². The molecule has 0 bridgehead atoms. The number of rotatable bonds is 4. The molecule has 1 fully saturated rings. The first kappa shape index (κ1) is 16.4. The molecule has 2 rings (SSSR count). The lowest BCUT2D eigenvalue weighted by molar-refractivity contribution is 0.00867. The Morgan fingerprint density at radius 1 is 1.24 bits per heavy atom. The average Bonchev–Trinajstić information content (AvgIpc) is 2.47. The summed E-state index contributed by atoms with van der Waals surface area (Å²) in [5.41, 5.74) is 1.24. The Labute approximate surface area is 128 Å². The van der Waals surface area contributed by atoms with Gasteiger partial charge in [-0.15, -0.1) is 0 Å². The molecule has 0 aromatic carbocycles. The second-order valence-electron chi connectivity index (χ2n) is 7.18. The van der Waals surface area contributed by atoms with Crippen molar-refractivity contribution < 1.29 is 5.11 Å². The molecule has 2 atom stereocenters. The van der Waals surface area contributed by atoms with Gasteiger partial charge < -0.3 is 5.11 Å². The van der Waals surface area contributed by atoms with Crippen molar-refractivity contribution in [2.45, 2.75) is 39.8 Å². The molecule has 0 radical (unpaired) electrons. The topological polar surface area (TPSA) is 39.6 Å². The minimum atomic E-state index is -0.264. The lowest BCUT2D eigenvalue weighted by Crippen LogP contribution is -2.50. The summed E-state index contributed by atoms with van der Waals surface area (Å²) < 4.78 is 0. The third-order valence-electron chi connectivity index (χ3n) is 4.55. The molecule has 1 saturated heterocycles. The van der Waals surface area contributed by atoms with Gasteiger partial charge in [0.15, 0.2) is 0 Å². The molecule has 1 aliphatic rings. The molecule has 1 N–H and O–H groups in total. The number of nitrogens with zero attached hydrogens (tertiary/aromatic N) is 3. The number of hydrogen-bond acceptors (Lipinski definition) is 4. The summed E-state index contributed by atoms with van der Waals surface area (Å²) in [6.07, 6.45) is 3.52. The molecule has 118 valence electrons. The number of pyridine rings is 1. The molecule has 0 saturated carbocycles. The smallest absolute Gasteiger partial charge is 0.0715 e. The van der Waals surface area contributed by atoms with E-state index in [9.17, 15) is 5.11 Å². The highest BCUT2D eigenvalue weighted by Gasteiger charge is 2.27. The third kappa shape index (κ3) is 4.50. The first-order valence-corrected chi connectivity index (χ1v) is 7.92. The quantitative estimate of drug-likeness (QED) is 0.923. The summed E-state index contributed by atoms with van der Waals surface area (Å²) in [5.74, 6) is 0. The molecule has 4 nitrogen and oxygen atoms in total. The maximum Gasteiger partial charge on any atom is 0.0715 e. The van der Waals surface area contributed by atoms with E-state index in [2.05, 4.69) is 48.5 Å². The van der Waals surface area contributed by atoms with E-state index in [-0.39, 0.29) is 11.5 Å². The van der Waals surface area contributed by atoms with Crippen molar-refractivity contribution >= 4 is 0 Å². The summed E-state index contributed by atoms with van der Waals surface area (Å²) in [6, 6.07) is 4.56. The first-order valence-electron chi connectivity index (χ1n) is 7.92. The van der Waals surface area contributed by atoms with Crippen LogP contribution in [-0.2, 0) is 0 Å². The van der Waals surface area contributed by atoms with Gasteiger partial charge in [-0.25, -0.2) is 0 Å². The molecular weight excluding hydrogens is 262 g/mol. The zero-order valence-electron chi connectivity index (χ0n) is 13.8. The van der Waals surface area contributed by atoms with E-state index in [4.69, 9.17) is 0 Å². The van der Waals surface area contributed by atoms with Crippen LogP contribution in [-0.4, -0.2) is 58.7 Å². The monoisotopic (exact) mass is 291 g/mol. The summed E-state index contributed by atoms with van der Waals surface area (Å²) in [7, 11) is 0. The Morgan fingerprint density at radius 3 is 2.43 bits per heavy atom. The molecule has 0 amide bonds. The Morgan fingerprint density at radius 2 is 1.90 bits per heavy atom. The molecule has 2 heterocycles. The minimum absolute atomic E-state index is 0.0415. The maximum atomic E-state index is 10.2. The van der Waals surface area contributed by atoms with Crippen molar-refractivity contribution in [2.24, 2.45) is 5.41 Å². The minimum Gasteiger partial charge on any atom is -0.391 e. The second kappa shape index (κ2) is 6.86. The fraction of sp³-hybridized carbons (Fsp3) is 0.706.